The van der Waals surface area contributed by atoms with Gasteiger partial charge in [0.15, 0.2) is 6.61 Å². The molecule has 0 N–H and O–H groups in total. The zero-order valence-electron chi connectivity index (χ0n) is 17.5. The van der Waals surface area contributed by atoms with Crippen molar-refractivity contribution in [3.63, 3.8) is 0 Å². The molecular weight excluding hydrogens is 416 g/mol. The van der Waals surface area contributed by atoms with E-state index in [1.165, 1.54) is 11.3 Å². The predicted molar refractivity (Wildman–Crippen MR) is 117 cm³/mol. The molecule has 2 atom stereocenters. The number of rotatable bonds is 5. The third-order valence-electron chi connectivity index (χ3n) is 5.75. The Bertz CT molecular complexity index is 922. The number of esters is 1. The van der Waals surface area contributed by atoms with E-state index in [4.69, 9.17) is 9.47 Å². The maximum Gasteiger partial charge on any atom is 0.311 e. The number of anilines is 1. The summed E-state index contributed by atoms with van der Waals surface area (Å²) in [6, 6.07) is 11.1. The molecule has 0 aliphatic carbocycles. The highest BCUT2D eigenvalue weighted by atomic mass is 32.1. The van der Waals surface area contributed by atoms with Gasteiger partial charge in [0.05, 0.1) is 25.2 Å². The first-order chi connectivity index (χ1) is 15.0. The summed E-state index contributed by atoms with van der Waals surface area (Å²) in [7, 11) is 0. The van der Waals surface area contributed by atoms with Crippen molar-refractivity contribution in [1.82, 2.24) is 4.90 Å². The molecule has 8 heteroatoms. The fraction of sp³-hybridized carbons (Fsp3) is 0.435. The number of hydrogen-bond donors (Lipinski definition) is 0. The molecule has 0 unspecified atom stereocenters. The average Bonchev–Trinajstić information content (AvgIpc) is 3.33. The molecular formula is C23H26N2O5S. The lowest BCUT2D eigenvalue weighted by molar-refractivity contribution is -0.158. The molecule has 2 aliphatic heterocycles. The Morgan fingerprint density at radius 2 is 1.90 bits per heavy atom. The zero-order valence-corrected chi connectivity index (χ0v) is 18.3. The van der Waals surface area contributed by atoms with Crippen LogP contribution in [0.3, 0.4) is 0 Å². The van der Waals surface area contributed by atoms with Crippen LogP contribution < -0.4 is 4.90 Å². The number of hydrogen-bond acceptors (Lipinski definition) is 6. The number of aryl methyl sites for hydroxylation is 1. The molecule has 4 rings (SSSR count). The van der Waals surface area contributed by atoms with E-state index in [0.717, 1.165) is 16.1 Å². The standard InChI is InChI=1S/C23H26N2O5S/c1-16-4-6-17(7-5-16)25-20(26)9-8-18(22(25)19-3-2-14-31-19)23(28)30-15-21(27)24-10-12-29-13-11-24/h2-7,14,18,22H,8-13,15H2,1H3/t18-,22+/m0/s1. The van der Waals surface area contributed by atoms with Crippen LogP contribution in [0.15, 0.2) is 41.8 Å². The summed E-state index contributed by atoms with van der Waals surface area (Å²) in [4.78, 5) is 42.7. The number of thiophene rings is 1. The van der Waals surface area contributed by atoms with Crippen LogP contribution in [0.1, 0.15) is 29.3 Å². The number of carbonyl (C=O) groups is 3. The number of benzene rings is 1. The molecule has 1 aromatic carbocycles. The van der Waals surface area contributed by atoms with Gasteiger partial charge in [0.25, 0.3) is 5.91 Å². The van der Waals surface area contributed by atoms with E-state index in [1.807, 2.05) is 48.7 Å². The molecule has 0 spiro atoms. The highest BCUT2D eigenvalue weighted by Gasteiger charge is 2.43. The van der Waals surface area contributed by atoms with Crippen molar-refractivity contribution < 1.29 is 23.9 Å². The quantitative estimate of drug-likeness (QED) is 0.666. The van der Waals surface area contributed by atoms with Gasteiger partial charge in [-0.2, -0.15) is 0 Å². The highest BCUT2D eigenvalue weighted by molar-refractivity contribution is 7.10. The first-order valence-corrected chi connectivity index (χ1v) is 11.4. The van der Waals surface area contributed by atoms with E-state index in [9.17, 15) is 14.4 Å². The third kappa shape index (κ3) is 4.80. The molecule has 2 saturated heterocycles. The van der Waals surface area contributed by atoms with Gasteiger partial charge >= 0.3 is 5.97 Å². The molecule has 3 heterocycles. The van der Waals surface area contributed by atoms with Crippen molar-refractivity contribution in [2.24, 2.45) is 5.92 Å². The van der Waals surface area contributed by atoms with Gasteiger partial charge in [-0.05, 0) is 36.9 Å². The van der Waals surface area contributed by atoms with Crippen molar-refractivity contribution in [3.05, 3.63) is 52.2 Å². The van der Waals surface area contributed by atoms with Crippen molar-refractivity contribution in [3.8, 4) is 0 Å². The van der Waals surface area contributed by atoms with E-state index in [1.54, 1.807) is 9.80 Å². The SMILES string of the molecule is Cc1ccc(N2C(=O)CC[C@H](C(=O)OCC(=O)N3CCOCC3)[C@@H]2c2cccs2)cc1. The second-order valence-electron chi connectivity index (χ2n) is 7.81. The maximum absolute atomic E-state index is 13.1. The Kier molecular flexibility index (Phi) is 6.67. The number of piperidine rings is 1. The fourth-order valence-electron chi connectivity index (χ4n) is 4.08. The Morgan fingerprint density at radius 3 is 2.58 bits per heavy atom. The summed E-state index contributed by atoms with van der Waals surface area (Å²) in [6.45, 7) is 3.71. The topological polar surface area (TPSA) is 76.2 Å². The summed E-state index contributed by atoms with van der Waals surface area (Å²) < 4.78 is 10.7. The van der Waals surface area contributed by atoms with Gasteiger partial charge in [0, 0.05) is 30.1 Å². The lowest BCUT2D eigenvalue weighted by Crippen LogP contribution is -2.47. The zero-order chi connectivity index (χ0) is 21.8. The number of morpholine rings is 1. The van der Waals surface area contributed by atoms with Crippen LogP contribution in [0.4, 0.5) is 5.69 Å². The van der Waals surface area contributed by atoms with Crippen LogP contribution in [0.25, 0.3) is 0 Å². The molecule has 2 aliphatic rings. The van der Waals surface area contributed by atoms with Gasteiger partial charge in [-0.25, -0.2) is 0 Å². The molecule has 2 amide bonds. The monoisotopic (exact) mass is 442 g/mol. The second kappa shape index (κ2) is 9.62. The number of ether oxygens (including phenoxy) is 2. The average molecular weight is 443 g/mol. The fourth-order valence-corrected chi connectivity index (χ4v) is 4.96. The van der Waals surface area contributed by atoms with Crippen LogP contribution in [-0.4, -0.2) is 55.6 Å². The van der Waals surface area contributed by atoms with Crippen molar-refractivity contribution in [2.45, 2.75) is 25.8 Å². The van der Waals surface area contributed by atoms with E-state index in [-0.39, 0.29) is 24.8 Å². The van der Waals surface area contributed by atoms with Gasteiger partial charge in [-0.1, -0.05) is 23.8 Å². The summed E-state index contributed by atoms with van der Waals surface area (Å²) in [5, 5.41) is 1.94. The largest absolute Gasteiger partial charge is 0.455 e. The minimum atomic E-state index is -0.532. The van der Waals surface area contributed by atoms with Gasteiger partial charge in [0.2, 0.25) is 5.91 Å². The van der Waals surface area contributed by atoms with Crippen LogP contribution in [0.5, 0.6) is 0 Å². The third-order valence-corrected chi connectivity index (χ3v) is 6.69. The molecule has 31 heavy (non-hydrogen) atoms. The Balaban J connectivity index is 1.54. The summed E-state index contributed by atoms with van der Waals surface area (Å²) in [6.07, 6.45) is 0.654. The van der Waals surface area contributed by atoms with Gasteiger partial charge < -0.3 is 19.3 Å². The Hall–Kier alpha value is -2.71. The Labute approximate surface area is 185 Å². The molecule has 164 valence electrons. The van der Waals surface area contributed by atoms with Crippen LogP contribution in [-0.2, 0) is 23.9 Å². The number of nitrogens with zero attached hydrogens (tertiary/aromatic N) is 2. The molecule has 1 aromatic heterocycles. The van der Waals surface area contributed by atoms with Crippen LogP contribution in [0.2, 0.25) is 0 Å². The van der Waals surface area contributed by atoms with Gasteiger partial charge in [-0.15, -0.1) is 11.3 Å². The Morgan fingerprint density at radius 1 is 1.16 bits per heavy atom. The summed E-state index contributed by atoms with van der Waals surface area (Å²) in [5.41, 5.74) is 1.86. The first kappa shape index (κ1) is 21.5. The van der Waals surface area contributed by atoms with E-state index >= 15 is 0 Å². The minimum Gasteiger partial charge on any atom is -0.455 e. The molecule has 7 nitrogen and oxygen atoms in total. The van der Waals surface area contributed by atoms with Crippen molar-refractivity contribution >= 4 is 34.8 Å². The van der Waals surface area contributed by atoms with Crippen molar-refractivity contribution in [1.29, 1.82) is 0 Å². The highest BCUT2D eigenvalue weighted by Crippen LogP contribution is 2.42. The van der Waals surface area contributed by atoms with Gasteiger partial charge in [0.1, 0.15) is 0 Å². The molecule has 0 bridgehead atoms. The number of carbonyl (C=O) groups excluding carboxylic acids is 3. The van der Waals surface area contributed by atoms with E-state index in [2.05, 4.69) is 0 Å². The smallest absolute Gasteiger partial charge is 0.311 e. The van der Waals surface area contributed by atoms with Crippen molar-refractivity contribution in [2.75, 3.05) is 37.8 Å². The molecule has 2 fully saturated rings. The van der Waals surface area contributed by atoms with E-state index < -0.39 is 17.9 Å². The number of amides is 2. The second-order valence-corrected chi connectivity index (χ2v) is 8.78. The predicted octanol–water partition coefficient (Wildman–Crippen LogP) is 2.94. The molecule has 0 radical (unpaired) electrons. The lowest BCUT2D eigenvalue weighted by Gasteiger charge is -2.39. The lowest BCUT2D eigenvalue weighted by atomic mass is 9.87. The summed E-state index contributed by atoms with van der Waals surface area (Å²) in [5.74, 6) is -1.21. The van der Waals surface area contributed by atoms with Gasteiger partial charge in [-0.3, -0.25) is 14.4 Å². The molecule has 0 saturated carbocycles. The molecule has 2 aromatic rings. The van der Waals surface area contributed by atoms with Crippen LogP contribution in [0, 0.1) is 12.8 Å². The minimum absolute atomic E-state index is 0.0179. The normalized spacial score (nSPS) is 21.8. The van der Waals surface area contributed by atoms with E-state index in [0.29, 0.717) is 32.7 Å². The maximum atomic E-state index is 13.1. The van der Waals surface area contributed by atoms with Crippen LogP contribution >= 0.6 is 11.3 Å². The summed E-state index contributed by atoms with van der Waals surface area (Å²) >= 11 is 1.51. The first-order valence-electron chi connectivity index (χ1n) is 10.5.